The number of carbonyl (C=O) groups is 2. The van der Waals surface area contributed by atoms with E-state index in [0.29, 0.717) is 30.2 Å². The highest BCUT2D eigenvalue weighted by atomic mass is 32.2. The second-order valence-corrected chi connectivity index (χ2v) is 10.9. The first kappa shape index (κ1) is 22.9. The zero-order valence-corrected chi connectivity index (χ0v) is 20.5. The molecule has 1 unspecified atom stereocenters. The number of nitrogens with one attached hydrogen (secondary N) is 1. The summed E-state index contributed by atoms with van der Waals surface area (Å²) in [7, 11) is -1.38. The van der Waals surface area contributed by atoms with Gasteiger partial charge in [-0.25, -0.2) is 8.51 Å². The lowest BCUT2D eigenvalue weighted by Crippen LogP contribution is -2.48. The Labute approximate surface area is 212 Å². The molecule has 1 atom stereocenters. The molecule has 1 saturated heterocycles. The zero-order valence-electron chi connectivity index (χ0n) is 19.7. The third-order valence-corrected chi connectivity index (χ3v) is 8.58. The largest absolute Gasteiger partial charge is 0.454 e. The van der Waals surface area contributed by atoms with Crippen molar-refractivity contribution in [2.75, 3.05) is 26.4 Å². The molecule has 3 aliphatic rings. The van der Waals surface area contributed by atoms with E-state index in [2.05, 4.69) is 11.4 Å². The average molecular weight is 503 g/mol. The van der Waals surface area contributed by atoms with Crippen LogP contribution in [-0.4, -0.2) is 46.6 Å². The van der Waals surface area contributed by atoms with Crippen molar-refractivity contribution in [1.82, 2.24) is 9.62 Å². The molecule has 1 aliphatic carbocycles. The number of carbonyl (C=O) groups excluding carboxylic acids is 2. The Kier molecular flexibility index (Phi) is 5.85. The van der Waals surface area contributed by atoms with Gasteiger partial charge >= 0.3 is 0 Å². The fraction of sp³-hybridized carbons (Fsp3) is 0.286. The summed E-state index contributed by atoms with van der Waals surface area (Å²) in [5, 5.41) is 2.75. The first-order valence-electron chi connectivity index (χ1n) is 12.1. The van der Waals surface area contributed by atoms with Crippen LogP contribution in [0.15, 0.2) is 71.6 Å². The number of hydrogen-bond acceptors (Lipinski definition) is 5. The maximum atomic E-state index is 13.4. The molecule has 2 heterocycles. The van der Waals surface area contributed by atoms with Crippen molar-refractivity contribution in [3.05, 3.63) is 77.9 Å². The first-order chi connectivity index (χ1) is 17.5. The van der Waals surface area contributed by atoms with Crippen molar-refractivity contribution in [3.8, 4) is 22.6 Å². The van der Waals surface area contributed by atoms with Crippen LogP contribution in [-0.2, 0) is 32.4 Å². The molecule has 1 saturated carbocycles. The number of rotatable bonds is 7. The molecule has 1 amide bonds. The Morgan fingerprint density at radius 1 is 0.972 bits per heavy atom. The number of Topliss-reactive ketones (excluding diaryl/α,β-unsaturated/α-hetero) is 1. The highest BCUT2D eigenvalue weighted by molar-refractivity contribution is 7.82. The molecule has 2 aliphatic heterocycles. The van der Waals surface area contributed by atoms with Crippen LogP contribution in [0.4, 0.5) is 0 Å². The summed E-state index contributed by atoms with van der Waals surface area (Å²) in [5.74, 6) is 1.55. The molecular formula is C28H26N2O5S. The van der Waals surface area contributed by atoms with Crippen LogP contribution in [0.5, 0.6) is 11.5 Å². The molecule has 184 valence electrons. The van der Waals surface area contributed by atoms with E-state index in [9.17, 15) is 13.8 Å². The van der Waals surface area contributed by atoms with Crippen LogP contribution in [0.2, 0.25) is 0 Å². The van der Waals surface area contributed by atoms with Crippen LogP contribution in [0, 0.1) is 0 Å². The summed E-state index contributed by atoms with van der Waals surface area (Å²) in [6.45, 7) is 1.42. The Hall–Kier alpha value is -3.49. The molecule has 6 rings (SSSR count). The zero-order chi connectivity index (χ0) is 24.7. The monoisotopic (exact) mass is 502 g/mol. The van der Waals surface area contributed by atoms with E-state index >= 15 is 0 Å². The lowest BCUT2D eigenvalue weighted by molar-refractivity contribution is -0.122. The van der Waals surface area contributed by atoms with Gasteiger partial charge < -0.3 is 14.8 Å². The van der Waals surface area contributed by atoms with Gasteiger partial charge in [0.15, 0.2) is 11.5 Å². The van der Waals surface area contributed by atoms with Gasteiger partial charge in [0.1, 0.15) is 16.8 Å². The number of nitrogens with zero attached hydrogens (tertiary/aromatic N) is 1. The molecule has 0 spiro atoms. The fourth-order valence-corrected chi connectivity index (χ4v) is 6.09. The number of fused-ring (bicyclic) bond motifs is 1. The second kappa shape index (κ2) is 9.19. The van der Waals surface area contributed by atoms with Crippen LogP contribution < -0.4 is 14.8 Å². The summed E-state index contributed by atoms with van der Waals surface area (Å²) >= 11 is 0. The molecule has 7 nitrogen and oxygen atoms in total. The number of hydrogen-bond donors (Lipinski definition) is 1. The van der Waals surface area contributed by atoms with Crippen molar-refractivity contribution in [2.45, 2.75) is 29.6 Å². The predicted molar refractivity (Wildman–Crippen MR) is 135 cm³/mol. The van der Waals surface area contributed by atoms with Gasteiger partial charge in [-0.3, -0.25) is 9.59 Å². The summed E-state index contributed by atoms with van der Waals surface area (Å²) in [4.78, 5) is 25.7. The van der Waals surface area contributed by atoms with Crippen molar-refractivity contribution >= 4 is 22.7 Å². The van der Waals surface area contributed by atoms with E-state index in [1.807, 2.05) is 60.7 Å². The minimum absolute atomic E-state index is 0.107. The third kappa shape index (κ3) is 4.31. The van der Waals surface area contributed by atoms with E-state index in [1.54, 1.807) is 4.31 Å². The summed E-state index contributed by atoms with van der Waals surface area (Å²) < 4.78 is 25.5. The van der Waals surface area contributed by atoms with Crippen molar-refractivity contribution < 1.29 is 23.3 Å². The molecule has 0 aromatic heterocycles. The molecule has 2 fully saturated rings. The number of ketones is 1. The van der Waals surface area contributed by atoms with Crippen molar-refractivity contribution in [1.29, 1.82) is 0 Å². The molecule has 8 heteroatoms. The number of ether oxygens (including phenoxy) is 2. The number of benzene rings is 3. The van der Waals surface area contributed by atoms with Crippen LogP contribution in [0.1, 0.15) is 24.0 Å². The molecule has 1 N–H and O–H groups in total. The van der Waals surface area contributed by atoms with Gasteiger partial charge in [-0.05, 0) is 59.4 Å². The lowest BCUT2D eigenvalue weighted by atomic mass is 9.87. The SMILES string of the molecule is O=C1CN(S(=O)c2ccc(-c3cccc(CC(=O)C4(c5ccc6c(c5)OCO6)CC4)c3)cc2)CCN1. The third-order valence-electron chi connectivity index (χ3n) is 7.13. The van der Waals surface area contributed by atoms with E-state index in [-0.39, 0.29) is 25.0 Å². The molecule has 0 radical (unpaired) electrons. The van der Waals surface area contributed by atoms with Gasteiger partial charge in [0, 0.05) is 19.5 Å². The highest BCUT2D eigenvalue weighted by Gasteiger charge is 2.50. The standard InChI is InChI=1S/C28H26N2O5S/c31-26(28(10-11-28)22-6-9-24-25(16-22)35-18-34-24)15-19-2-1-3-21(14-19)20-4-7-23(8-5-20)36(33)30-13-12-29-27(32)17-30/h1-9,14,16H,10-13,15,17-18H2,(H,29,32). The van der Waals surface area contributed by atoms with E-state index < -0.39 is 16.4 Å². The minimum atomic E-state index is -1.38. The maximum Gasteiger partial charge on any atom is 0.235 e. The van der Waals surface area contributed by atoms with Crippen molar-refractivity contribution in [2.24, 2.45) is 0 Å². The molecule has 3 aromatic rings. The van der Waals surface area contributed by atoms with Gasteiger partial charge in [0.25, 0.3) is 0 Å². The number of amides is 1. The Bertz CT molecular complexity index is 1370. The van der Waals surface area contributed by atoms with E-state index in [0.717, 1.165) is 40.8 Å². The van der Waals surface area contributed by atoms with Crippen LogP contribution in [0.3, 0.4) is 0 Å². The van der Waals surface area contributed by atoms with E-state index in [1.165, 1.54) is 0 Å². The Balaban J connectivity index is 1.16. The molecule has 0 bridgehead atoms. The lowest BCUT2D eigenvalue weighted by Gasteiger charge is -2.25. The van der Waals surface area contributed by atoms with Crippen LogP contribution in [0.25, 0.3) is 11.1 Å². The fourth-order valence-electron chi connectivity index (χ4n) is 4.93. The summed E-state index contributed by atoms with van der Waals surface area (Å²) in [6.07, 6.45) is 2.06. The Morgan fingerprint density at radius 2 is 1.78 bits per heavy atom. The smallest absolute Gasteiger partial charge is 0.235 e. The second-order valence-electron chi connectivity index (χ2n) is 9.44. The van der Waals surface area contributed by atoms with Gasteiger partial charge in [-0.15, -0.1) is 0 Å². The van der Waals surface area contributed by atoms with Crippen molar-refractivity contribution in [3.63, 3.8) is 0 Å². The maximum absolute atomic E-state index is 13.4. The first-order valence-corrected chi connectivity index (χ1v) is 13.2. The van der Waals surface area contributed by atoms with E-state index in [4.69, 9.17) is 9.47 Å². The van der Waals surface area contributed by atoms with Gasteiger partial charge in [-0.2, -0.15) is 0 Å². The average Bonchev–Trinajstić information content (AvgIpc) is 3.59. The number of piperazine rings is 1. The predicted octanol–water partition coefficient (Wildman–Crippen LogP) is 3.38. The Morgan fingerprint density at radius 3 is 2.56 bits per heavy atom. The van der Waals surface area contributed by atoms with Gasteiger partial charge in [0.05, 0.1) is 16.9 Å². The quantitative estimate of drug-likeness (QED) is 0.536. The van der Waals surface area contributed by atoms with Crippen LogP contribution >= 0.6 is 0 Å². The summed E-state index contributed by atoms with van der Waals surface area (Å²) in [5.41, 5.74) is 3.52. The van der Waals surface area contributed by atoms with Gasteiger partial charge in [-0.1, -0.05) is 42.5 Å². The molecule has 3 aromatic carbocycles. The molecule has 36 heavy (non-hydrogen) atoms. The highest BCUT2D eigenvalue weighted by Crippen LogP contribution is 2.51. The minimum Gasteiger partial charge on any atom is -0.454 e. The topological polar surface area (TPSA) is 84.9 Å². The molecular weight excluding hydrogens is 476 g/mol. The summed E-state index contributed by atoms with van der Waals surface area (Å²) in [6, 6.07) is 21.4. The van der Waals surface area contributed by atoms with Gasteiger partial charge in [0.2, 0.25) is 12.7 Å². The normalized spacial score (nSPS) is 18.9.